The number of hydrogen-bond donors (Lipinski definition) is 1. The fourth-order valence-electron chi connectivity index (χ4n) is 1.83. The van der Waals surface area contributed by atoms with Crippen molar-refractivity contribution in [3.63, 3.8) is 0 Å². The van der Waals surface area contributed by atoms with E-state index in [2.05, 4.69) is 0 Å². The van der Waals surface area contributed by atoms with Crippen LogP contribution >= 0.6 is 0 Å². The molecule has 2 aromatic rings. The lowest BCUT2D eigenvalue weighted by Crippen LogP contribution is -2.01. The molecule has 3 heteroatoms. The second kappa shape index (κ2) is 7.36. The van der Waals surface area contributed by atoms with E-state index in [1.165, 1.54) is 0 Å². The molecule has 0 unspecified atom stereocenters. The van der Waals surface area contributed by atoms with Crippen molar-refractivity contribution in [1.29, 1.82) is 0 Å². The summed E-state index contributed by atoms with van der Waals surface area (Å²) in [5.74, 6) is 0.764. The quantitative estimate of drug-likeness (QED) is 0.819. The number of rotatable bonds is 6. The van der Waals surface area contributed by atoms with E-state index in [-0.39, 0.29) is 6.61 Å². The SMILES string of the molecule is COC=C(COc1ccc(CO)cc1)c1ccccc1. The van der Waals surface area contributed by atoms with E-state index in [1.807, 2.05) is 54.6 Å². The predicted molar refractivity (Wildman–Crippen MR) is 79.3 cm³/mol. The monoisotopic (exact) mass is 270 g/mol. The van der Waals surface area contributed by atoms with Gasteiger partial charge in [0.15, 0.2) is 0 Å². The van der Waals surface area contributed by atoms with Crippen molar-refractivity contribution < 1.29 is 14.6 Å². The maximum absolute atomic E-state index is 9.00. The zero-order chi connectivity index (χ0) is 14.2. The van der Waals surface area contributed by atoms with Gasteiger partial charge in [0.1, 0.15) is 12.4 Å². The Morgan fingerprint density at radius 2 is 1.75 bits per heavy atom. The molecule has 0 aromatic heterocycles. The minimum absolute atomic E-state index is 0.0408. The Balaban J connectivity index is 2.04. The lowest BCUT2D eigenvalue weighted by molar-refractivity contribution is 0.281. The molecule has 20 heavy (non-hydrogen) atoms. The predicted octanol–water partition coefficient (Wildman–Crippen LogP) is 3.25. The van der Waals surface area contributed by atoms with Crippen molar-refractivity contribution in [2.45, 2.75) is 6.61 Å². The molecular weight excluding hydrogens is 252 g/mol. The van der Waals surface area contributed by atoms with E-state index in [0.717, 1.165) is 22.4 Å². The van der Waals surface area contributed by atoms with Crippen LogP contribution in [0, 0.1) is 0 Å². The van der Waals surface area contributed by atoms with Crippen LogP contribution in [0.1, 0.15) is 11.1 Å². The number of hydrogen-bond acceptors (Lipinski definition) is 3. The van der Waals surface area contributed by atoms with Crippen LogP contribution in [0.5, 0.6) is 5.75 Å². The van der Waals surface area contributed by atoms with Gasteiger partial charge in [0.2, 0.25) is 0 Å². The van der Waals surface area contributed by atoms with Crippen molar-refractivity contribution in [3.8, 4) is 5.75 Å². The molecular formula is C17H18O3. The van der Waals surface area contributed by atoms with E-state index in [9.17, 15) is 0 Å². The average molecular weight is 270 g/mol. The van der Waals surface area contributed by atoms with Gasteiger partial charge in [-0.2, -0.15) is 0 Å². The minimum Gasteiger partial charge on any atom is -0.504 e. The van der Waals surface area contributed by atoms with Gasteiger partial charge in [0.25, 0.3) is 0 Å². The average Bonchev–Trinajstić information content (AvgIpc) is 2.53. The van der Waals surface area contributed by atoms with Crippen LogP contribution in [0.3, 0.4) is 0 Å². The van der Waals surface area contributed by atoms with Crippen LogP contribution in [0.2, 0.25) is 0 Å². The molecule has 0 aliphatic carbocycles. The van der Waals surface area contributed by atoms with Crippen LogP contribution in [0.4, 0.5) is 0 Å². The molecule has 0 aliphatic heterocycles. The van der Waals surface area contributed by atoms with E-state index in [4.69, 9.17) is 14.6 Å². The molecule has 0 fully saturated rings. The van der Waals surface area contributed by atoms with Crippen LogP contribution in [-0.2, 0) is 11.3 Å². The van der Waals surface area contributed by atoms with Gasteiger partial charge in [0.05, 0.1) is 20.0 Å². The second-order valence-electron chi connectivity index (χ2n) is 4.34. The smallest absolute Gasteiger partial charge is 0.119 e. The van der Waals surface area contributed by atoms with E-state index < -0.39 is 0 Å². The zero-order valence-electron chi connectivity index (χ0n) is 11.5. The van der Waals surface area contributed by atoms with Crippen molar-refractivity contribution in [1.82, 2.24) is 0 Å². The van der Waals surface area contributed by atoms with Crippen molar-refractivity contribution in [2.75, 3.05) is 13.7 Å². The lowest BCUT2D eigenvalue weighted by atomic mass is 10.1. The first-order valence-electron chi connectivity index (χ1n) is 6.43. The first kappa shape index (κ1) is 14.2. The second-order valence-corrected chi connectivity index (χ2v) is 4.34. The highest BCUT2D eigenvalue weighted by Gasteiger charge is 2.03. The van der Waals surface area contributed by atoms with E-state index in [0.29, 0.717) is 6.61 Å². The normalized spacial score (nSPS) is 11.2. The molecule has 0 amide bonds. The number of aliphatic hydroxyl groups excluding tert-OH is 1. The van der Waals surface area contributed by atoms with Gasteiger partial charge in [-0.25, -0.2) is 0 Å². The van der Waals surface area contributed by atoms with Crippen LogP contribution in [0.15, 0.2) is 60.9 Å². The Morgan fingerprint density at radius 1 is 1.05 bits per heavy atom. The van der Waals surface area contributed by atoms with Gasteiger partial charge in [-0.3, -0.25) is 0 Å². The molecule has 1 N–H and O–H groups in total. The summed E-state index contributed by atoms with van der Waals surface area (Å²) in [6.45, 7) is 0.468. The lowest BCUT2D eigenvalue weighted by Gasteiger charge is -2.10. The van der Waals surface area contributed by atoms with E-state index >= 15 is 0 Å². The summed E-state index contributed by atoms with van der Waals surface area (Å²) in [7, 11) is 1.62. The molecule has 0 bridgehead atoms. The molecule has 0 saturated heterocycles. The highest BCUT2D eigenvalue weighted by atomic mass is 16.5. The van der Waals surface area contributed by atoms with Crippen LogP contribution in [-0.4, -0.2) is 18.8 Å². The first-order chi connectivity index (χ1) is 9.83. The summed E-state index contributed by atoms with van der Waals surface area (Å²) in [6.07, 6.45) is 1.69. The van der Waals surface area contributed by atoms with Gasteiger partial charge in [-0.1, -0.05) is 42.5 Å². The molecule has 104 valence electrons. The Kier molecular flexibility index (Phi) is 5.21. The Bertz CT molecular complexity index is 544. The first-order valence-corrected chi connectivity index (χ1v) is 6.43. The zero-order valence-corrected chi connectivity index (χ0v) is 11.5. The fourth-order valence-corrected chi connectivity index (χ4v) is 1.83. The standard InChI is InChI=1S/C17H18O3/c1-19-12-16(15-5-3-2-4-6-15)13-20-17-9-7-14(11-18)8-10-17/h2-10,12,18H,11,13H2,1H3. The Morgan fingerprint density at radius 3 is 2.35 bits per heavy atom. The highest BCUT2D eigenvalue weighted by Crippen LogP contribution is 2.18. The van der Waals surface area contributed by atoms with E-state index in [1.54, 1.807) is 13.4 Å². The van der Waals surface area contributed by atoms with Gasteiger partial charge in [0, 0.05) is 5.57 Å². The molecule has 3 nitrogen and oxygen atoms in total. The maximum Gasteiger partial charge on any atom is 0.119 e. The molecule has 2 rings (SSSR count). The van der Waals surface area contributed by atoms with Crippen LogP contribution < -0.4 is 4.74 Å². The minimum atomic E-state index is 0.0408. The highest BCUT2D eigenvalue weighted by molar-refractivity contribution is 5.65. The fraction of sp³-hybridized carbons (Fsp3) is 0.176. The van der Waals surface area contributed by atoms with Gasteiger partial charge < -0.3 is 14.6 Å². The molecule has 2 aromatic carbocycles. The summed E-state index contributed by atoms with van der Waals surface area (Å²) < 4.78 is 10.9. The number of ether oxygens (including phenoxy) is 2. The molecule has 0 atom stereocenters. The molecule has 0 aliphatic rings. The summed E-state index contributed by atoms with van der Waals surface area (Å²) in [5.41, 5.74) is 2.91. The third-order valence-electron chi connectivity index (χ3n) is 2.90. The Labute approximate surface area is 119 Å². The molecule has 0 radical (unpaired) electrons. The van der Waals surface area contributed by atoms with Gasteiger partial charge >= 0.3 is 0 Å². The molecule has 0 spiro atoms. The summed E-state index contributed by atoms with van der Waals surface area (Å²) in [6, 6.07) is 17.4. The van der Waals surface area contributed by atoms with Crippen molar-refractivity contribution in [3.05, 3.63) is 72.0 Å². The maximum atomic E-state index is 9.00. The topological polar surface area (TPSA) is 38.7 Å². The summed E-state index contributed by atoms with van der Waals surface area (Å²) in [5, 5.41) is 9.00. The van der Waals surface area contributed by atoms with Crippen molar-refractivity contribution >= 4 is 5.57 Å². The Hall–Kier alpha value is -2.26. The summed E-state index contributed by atoms with van der Waals surface area (Å²) >= 11 is 0. The number of aliphatic hydroxyl groups is 1. The number of methoxy groups -OCH3 is 1. The number of benzene rings is 2. The third-order valence-corrected chi connectivity index (χ3v) is 2.90. The van der Waals surface area contributed by atoms with Crippen molar-refractivity contribution in [2.24, 2.45) is 0 Å². The largest absolute Gasteiger partial charge is 0.504 e. The molecule has 0 saturated carbocycles. The van der Waals surface area contributed by atoms with Gasteiger partial charge in [-0.15, -0.1) is 0 Å². The molecule has 0 heterocycles. The van der Waals surface area contributed by atoms with Gasteiger partial charge in [-0.05, 0) is 23.3 Å². The van der Waals surface area contributed by atoms with Crippen LogP contribution in [0.25, 0.3) is 5.57 Å². The third kappa shape index (κ3) is 3.87. The summed E-state index contributed by atoms with van der Waals surface area (Å²) in [4.78, 5) is 0.